The number of halogens is 9. The van der Waals surface area contributed by atoms with Gasteiger partial charge in [-0.3, -0.25) is 0 Å². The molecular formula is C111H129Cl3F6N2O10. The Morgan fingerprint density at radius 1 is 0.303 bits per heavy atom. The number of aromatic carboxylic acids is 4. The normalized spacial score (nSPS) is 10.2. The number of anilines is 2. The number of aryl methyl sites for hydroxylation is 16. The van der Waals surface area contributed by atoms with Crippen LogP contribution in [0.3, 0.4) is 0 Å². The van der Waals surface area contributed by atoms with Gasteiger partial charge < -0.3 is 42.1 Å². The molecule has 0 spiro atoms. The van der Waals surface area contributed by atoms with E-state index in [9.17, 15) is 45.5 Å². The third-order valence-corrected chi connectivity index (χ3v) is 19.8. The monoisotopic (exact) mass is 1870 g/mol. The molecule has 13 aromatic rings. The van der Waals surface area contributed by atoms with Crippen LogP contribution in [0.4, 0.5) is 37.7 Å². The first-order chi connectivity index (χ1) is 61.3. The molecule has 0 aliphatic carbocycles. The molecule has 13 rings (SSSR count). The Kier molecular flexibility index (Phi) is 52.4. The first-order valence-electron chi connectivity index (χ1n) is 42.2. The average molecular weight is 1870 g/mol. The van der Waals surface area contributed by atoms with Crippen molar-refractivity contribution < 1.29 is 76.2 Å². The first kappa shape index (κ1) is 117. The van der Waals surface area contributed by atoms with Gasteiger partial charge in [0.2, 0.25) is 0 Å². The summed E-state index contributed by atoms with van der Waals surface area (Å²) in [6.45, 7) is 47.2. The van der Waals surface area contributed by atoms with E-state index < -0.39 is 47.4 Å². The zero-order valence-electron chi connectivity index (χ0n) is 79.8. The largest absolute Gasteiger partial charge is 0.507 e. The topological polar surface area (TPSA) is 242 Å². The van der Waals surface area contributed by atoms with Gasteiger partial charge in [-0.15, -0.1) is 0 Å². The van der Waals surface area contributed by atoms with E-state index in [1.54, 1.807) is 82.3 Å². The maximum Gasteiger partial charge on any atom is 0.416 e. The molecule has 0 aliphatic heterocycles. The third-order valence-electron chi connectivity index (χ3n) is 18.8. The van der Waals surface area contributed by atoms with Crippen LogP contribution in [0, 0.1) is 117 Å². The Hall–Kier alpha value is -12.6. The number of nitrogen functional groups attached to an aromatic ring is 2. The Balaban J connectivity index is 0.000000716. The molecule has 0 saturated carbocycles. The van der Waals surface area contributed by atoms with Gasteiger partial charge in [-0.2, -0.15) is 26.3 Å². The number of carboxylic acids is 4. The molecule has 0 amide bonds. The number of aromatic hydroxyl groups is 2. The smallest absolute Gasteiger partial charge is 0.416 e. The van der Waals surface area contributed by atoms with E-state index in [1.165, 1.54) is 122 Å². The Labute approximate surface area is 792 Å². The predicted octanol–water partition coefficient (Wildman–Crippen LogP) is 31.8. The second-order valence-corrected chi connectivity index (χ2v) is 34.6. The van der Waals surface area contributed by atoms with Crippen LogP contribution < -0.4 is 11.5 Å². The van der Waals surface area contributed by atoms with E-state index in [1.807, 2.05) is 64.1 Å². The van der Waals surface area contributed by atoms with Gasteiger partial charge >= 0.3 is 36.2 Å². The summed E-state index contributed by atoms with van der Waals surface area (Å²) in [4.78, 5) is 41.7. The zero-order valence-corrected chi connectivity index (χ0v) is 82.1. The molecule has 21 heteroatoms. The number of nitrogens with two attached hydrogens (primary N) is 2. The molecule has 706 valence electrons. The molecule has 12 nitrogen and oxygen atoms in total. The molecule has 0 aliphatic rings. The minimum absolute atomic E-state index is 0.0509. The van der Waals surface area contributed by atoms with Crippen LogP contribution in [0.1, 0.15) is 213 Å². The summed E-state index contributed by atoms with van der Waals surface area (Å²) in [5.41, 5.74) is 33.2. The molecule has 0 saturated heterocycles. The molecule has 0 bridgehead atoms. The average Bonchev–Trinajstić information content (AvgIpc) is 0.938. The molecular weight excluding hydrogens is 1740 g/mol. The first-order valence-corrected chi connectivity index (χ1v) is 43.4. The van der Waals surface area contributed by atoms with Crippen molar-refractivity contribution in [1.29, 1.82) is 0 Å². The SMILES string of the molecule is Cc1ccc(C(=O)O)c(N)c1.Cc1ccc(C(=O)O)c(O)c1.Cc1ccc(C(C)(C)C)cc1.Cc1ccc(C(C)C)cc1.Cc1ccc(C(F)(F)F)cc1.Cc1ccc(C)c(C)c1.Cc1ccc(C)cc1.Cc1ccc(CC(C)C)cc1.Cc1ccc(Cl)c(Cl)c1.Cc1ccc(Cl)cc1.Cc1ccc(N)c(C(=O)O)c1.Cc1ccc(O)c(C(=O)O)c1.Cc1cccc(C(F)(F)F)c1. The zero-order chi connectivity index (χ0) is 101. The van der Waals surface area contributed by atoms with Gasteiger partial charge in [0.15, 0.2) is 0 Å². The number of alkyl halides is 6. The van der Waals surface area contributed by atoms with Crippen LogP contribution in [0.15, 0.2) is 279 Å². The fourth-order valence-electron chi connectivity index (χ4n) is 10.8. The van der Waals surface area contributed by atoms with E-state index >= 15 is 0 Å². The molecule has 10 N–H and O–H groups in total. The summed E-state index contributed by atoms with van der Waals surface area (Å²) in [5.74, 6) is -3.14. The Morgan fingerprint density at radius 2 is 0.644 bits per heavy atom. The quantitative estimate of drug-likeness (QED) is 0.0549. The van der Waals surface area contributed by atoms with E-state index in [0.29, 0.717) is 32.9 Å². The highest BCUT2D eigenvalue weighted by Crippen LogP contribution is 2.31. The van der Waals surface area contributed by atoms with Crippen LogP contribution >= 0.6 is 34.8 Å². The number of rotatable bonds is 7. The van der Waals surface area contributed by atoms with Crippen molar-refractivity contribution in [2.75, 3.05) is 11.5 Å². The summed E-state index contributed by atoms with van der Waals surface area (Å²) in [7, 11) is 0. The van der Waals surface area contributed by atoms with E-state index in [0.717, 1.165) is 68.6 Å². The fraction of sp³-hybridized carbons (Fsp3) is 0.261. The minimum atomic E-state index is -4.22. The number of benzene rings is 13. The van der Waals surface area contributed by atoms with E-state index in [4.69, 9.17) is 76.9 Å². The highest BCUT2D eigenvalue weighted by molar-refractivity contribution is 6.42. The summed E-state index contributed by atoms with van der Waals surface area (Å²) in [6, 6.07) is 83.5. The lowest BCUT2D eigenvalue weighted by Crippen LogP contribution is -2.10. The van der Waals surface area contributed by atoms with Gasteiger partial charge in [0.25, 0.3) is 0 Å². The predicted molar refractivity (Wildman–Crippen MR) is 536 cm³/mol. The van der Waals surface area contributed by atoms with Gasteiger partial charge in [0.1, 0.15) is 22.6 Å². The van der Waals surface area contributed by atoms with Crippen molar-refractivity contribution in [2.45, 2.75) is 189 Å². The summed E-state index contributed by atoms with van der Waals surface area (Å²) >= 11 is 16.9. The van der Waals surface area contributed by atoms with Crippen molar-refractivity contribution in [3.8, 4) is 11.5 Å². The summed E-state index contributed by atoms with van der Waals surface area (Å²) < 4.78 is 71.7. The summed E-state index contributed by atoms with van der Waals surface area (Å²) in [6.07, 6.45) is -7.24. The molecule has 0 atom stereocenters. The minimum Gasteiger partial charge on any atom is -0.507 e. The van der Waals surface area contributed by atoms with Gasteiger partial charge in [-0.1, -0.05) is 333 Å². The molecule has 0 heterocycles. The molecule has 0 fully saturated rings. The van der Waals surface area contributed by atoms with Gasteiger partial charge in [0, 0.05) is 16.4 Å². The molecule has 0 unspecified atom stereocenters. The second kappa shape index (κ2) is 58.9. The number of phenols is 2. The van der Waals surface area contributed by atoms with Gasteiger partial charge in [-0.25, -0.2) is 19.2 Å². The second-order valence-electron chi connectivity index (χ2n) is 33.4. The lowest BCUT2D eigenvalue weighted by molar-refractivity contribution is -0.138. The van der Waals surface area contributed by atoms with Crippen LogP contribution in [0.2, 0.25) is 15.1 Å². The van der Waals surface area contributed by atoms with Crippen LogP contribution in [0.25, 0.3) is 0 Å². The number of hydrogen-bond donors (Lipinski definition) is 8. The van der Waals surface area contributed by atoms with Crippen molar-refractivity contribution >= 4 is 70.1 Å². The fourth-order valence-corrected chi connectivity index (χ4v) is 11.3. The number of hydrogen-bond acceptors (Lipinski definition) is 8. The van der Waals surface area contributed by atoms with Crippen LogP contribution in [-0.4, -0.2) is 54.5 Å². The third kappa shape index (κ3) is 50.5. The number of carbonyl (C=O) groups is 4. The lowest BCUT2D eigenvalue weighted by atomic mass is 9.87. The Bertz CT molecular complexity index is 5350. The van der Waals surface area contributed by atoms with Gasteiger partial charge in [-0.05, 0) is 270 Å². The molecule has 0 radical (unpaired) electrons. The Morgan fingerprint density at radius 3 is 0.992 bits per heavy atom. The summed E-state index contributed by atoms with van der Waals surface area (Å²) in [5, 5.41) is 54.4. The van der Waals surface area contributed by atoms with Gasteiger partial charge in [0.05, 0.1) is 32.3 Å². The van der Waals surface area contributed by atoms with Crippen LogP contribution in [-0.2, 0) is 24.2 Å². The van der Waals surface area contributed by atoms with Crippen molar-refractivity contribution in [3.63, 3.8) is 0 Å². The lowest BCUT2D eigenvalue weighted by Gasteiger charge is -2.18. The molecule has 132 heavy (non-hydrogen) atoms. The highest BCUT2D eigenvalue weighted by Gasteiger charge is 2.31. The van der Waals surface area contributed by atoms with Crippen molar-refractivity contribution in [1.82, 2.24) is 0 Å². The maximum atomic E-state index is 12.0. The maximum absolute atomic E-state index is 12.0. The van der Waals surface area contributed by atoms with Crippen LogP contribution in [0.5, 0.6) is 11.5 Å². The van der Waals surface area contributed by atoms with Crippen molar-refractivity contribution in [2.24, 2.45) is 5.92 Å². The van der Waals surface area contributed by atoms with E-state index in [2.05, 4.69) is 219 Å². The highest BCUT2D eigenvalue weighted by atomic mass is 35.5. The van der Waals surface area contributed by atoms with Crippen molar-refractivity contribution in [3.05, 3.63) is 433 Å². The molecule has 0 aromatic heterocycles. The standard InChI is InChI=1S/2C11H16.C10H14.C9H12.2C8H7F3.2C8H9NO2.2C8H8O3.C8H10.C7H6Cl2.C7H7Cl/c1-9-5-7-10(8-6-9)11(2,3)4;1-9(2)8-11-6-4-10(3)5-7-11;1-8(2)10-6-4-9(3)5-7-10;1-7-4-5-8(2)9(3)6-7;1-6-2-4-7(5-3-6)8(9,10)11;1-6-3-2-4-7(5-6)8(9,10)11;1-5-2-3-7(9)6(4-5)8(10)11;1-5-2-3-6(8(10)11)7(9)4-5;1-5-2-3-7(9)6(4-5)8(10)11;1-5-2-3-6(8(10)11)7(9)4-5;1-7-3-5-8(2)6-4-7;1-5-2-3-6(8)7(9)4-5;1-6-2-4-7(8)5-3-6/h5-8H,1-4H3;4-7,9H,8H2,1-3H3;4-8H,1-3H3;4-6H,1-3H3;2*2-5H,1H3;2*2-4H,9H2,1H3,(H,10,11);2*2-4,9H,1H3,(H,10,11);3-6H,1-2H3;2-4H,1H3;2-5H,1H3. The van der Waals surface area contributed by atoms with E-state index in [-0.39, 0.29) is 39.2 Å². The molecule has 13 aromatic carbocycles. The number of carboxylic acid groups (broad SMARTS) is 4.